The van der Waals surface area contributed by atoms with E-state index in [9.17, 15) is 4.79 Å². The van der Waals surface area contributed by atoms with Gasteiger partial charge in [-0.2, -0.15) is 11.3 Å². The molecule has 2 saturated heterocycles. The van der Waals surface area contributed by atoms with E-state index in [0.29, 0.717) is 12.6 Å². The first kappa shape index (κ1) is 16.8. The summed E-state index contributed by atoms with van der Waals surface area (Å²) in [6.45, 7) is 4.23. The second-order valence-electron chi connectivity index (χ2n) is 7.45. The van der Waals surface area contributed by atoms with Gasteiger partial charge in [-0.25, -0.2) is 0 Å². The molecule has 132 valence electrons. The third-order valence-corrected chi connectivity index (χ3v) is 6.09. The molecule has 3 heterocycles. The van der Waals surface area contributed by atoms with Crippen LogP contribution in [0.2, 0.25) is 0 Å². The number of benzene rings is 1. The van der Waals surface area contributed by atoms with Gasteiger partial charge in [0.2, 0.25) is 0 Å². The van der Waals surface area contributed by atoms with E-state index in [-0.39, 0.29) is 11.3 Å². The number of nitrogens with zero attached hydrogens (tertiary/aromatic N) is 2. The molecule has 0 bridgehead atoms. The van der Waals surface area contributed by atoms with E-state index in [0.717, 1.165) is 38.2 Å². The van der Waals surface area contributed by atoms with Crippen LogP contribution in [0, 0.1) is 5.41 Å². The highest BCUT2D eigenvalue weighted by Crippen LogP contribution is 2.42. The van der Waals surface area contributed by atoms with Crippen molar-refractivity contribution < 1.29 is 9.53 Å². The zero-order chi connectivity index (χ0) is 17.3. The van der Waals surface area contributed by atoms with Crippen LogP contribution in [0.15, 0.2) is 47.2 Å². The van der Waals surface area contributed by atoms with Gasteiger partial charge in [0.25, 0.3) is 5.91 Å². The average molecular weight is 356 g/mol. The summed E-state index contributed by atoms with van der Waals surface area (Å²) < 4.78 is 5.95. The first-order valence-corrected chi connectivity index (χ1v) is 9.73. The summed E-state index contributed by atoms with van der Waals surface area (Å²) in [6, 6.07) is 12.7. The smallest absolute Gasteiger partial charge is 0.254 e. The number of likely N-dealkylation sites (N-methyl/N-ethyl adjacent to an activating group) is 1. The fraction of sp³-hybridized carbons (Fsp3) is 0.450. The molecule has 1 amide bonds. The van der Waals surface area contributed by atoms with Crippen molar-refractivity contribution in [3.05, 3.63) is 58.3 Å². The predicted molar refractivity (Wildman–Crippen MR) is 99.8 cm³/mol. The highest BCUT2D eigenvalue weighted by molar-refractivity contribution is 7.08. The Balaban J connectivity index is 1.27. The Hall–Kier alpha value is -1.69. The molecule has 0 N–H and O–H groups in total. The molecule has 2 aliphatic heterocycles. The van der Waals surface area contributed by atoms with Gasteiger partial charge in [0, 0.05) is 36.5 Å². The Morgan fingerprint density at radius 3 is 2.76 bits per heavy atom. The van der Waals surface area contributed by atoms with Crippen LogP contribution in [0.25, 0.3) is 0 Å². The van der Waals surface area contributed by atoms with Gasteiger partial charge >= 0.3 is 0 Å². The summed E-state index contributed by atoms with van der Waals surface area (Å²) in [5.41, 5.74) is 2.31. The fourth-order valence-corrected chi connectivity index (χ4v) is 4.79. The Labute approximate surface area is 153 Å². The van der Waals surface area contributed by atoms with Crippen molar-refractivity contribution >= 4 is 17.2 Å². The van der Waals surface area contributed by atoms with Gasteiger partial charge in [-0.3, -0.25) is 4.79 Å². The normalized spacial score (nSPS) is 22.3. The van der Waals surface area contributed by atoms with Crippen molar-refractivity contribution in [2.24, 2.45) is 5.41 Å². The third kappa shape index (κ3) is 3.50. The van der Waals surface area contributed by atoms with Crippen LogP contribution in [-0.2, 0) is 11.3 Å². The van der Waals surface area contributed by atoms with Crippen LogP contribution < -0.4 is 0 Å². The van der Waals surface area contributed by atoms with Gasteiger partial charge in [-0.15, -0.1) is 0 Å². The first-order chi connectivity index (χ1) is 12.2. The van der Waals surface area contributed by atoms with E-state index in [1.54, 1.807) is 11.3 Å². The van der Waals surface area contributed by atoms with Crippen LogP contribution in [-0.4, -0.2) is 55.0 Å². The molecule has 1 aromatic carbocycles. The summed E-state index contributed by atoms with van der Waals surface area (Å²) >= 11 is 1.58. The van der Waals surface area contributed by atoms with Crippen LogP contribution in [0.4, 0.5) is 0 Å². The summed E-state index contributed by atoms with van der Waals surface area (Å²) in [7, 11) is 2.18. The minimum Gasteiger partial charge on any atom is -0.375 e. The molecule has 1 atom stereocenters. The molecule has 1 aromatic heterocycles. The summed E-state index contributed by atoms with van der Waals surface area (Å²) in [5.74, 6) is 0.179. The Kier molecular flexibility index (Phi) is 4.63. The molecule has 5 heteroatoms. The average Bonchev–Trinajstić information content (AvgIpc) is 3.22. The van der Waals surface area contributed by atoms with Gasteiger partial charge in [0.05, 0.1) is 18.8 Å². The molecule has 0 aliphatic carbocycles. The second kappa shape index (κ2) is 6.90. The highest BCUT2D eigenvalue weighted by atomic mass is 32.1. The Morgan fingerprint density at radius 2 is 2.04 bits per heavy atom. The van der Waals surface area contributed by atoms with Gasteiger partial charge in [-0.05, 0) is 30.5 Å². The van der Waals surface area contributed by atoms with Crippen molar-refractivity contribution in [2.75, 3.05) is 33.3 Å². The number of ether oxygens (including phenoxy) is 1. The van der Waals surface area contributed by atoms with Crippen LogP contribution in [0.1, 0.15) is 22.3 Å². The lowest BCUT2D eigenvalue weighted by Gasteiger charge is -2.48. The molecule has 1 spiro atoms. The van der Waals surface area contributed by atoms with Crippen molar-refractivity contribution in [1.82, 2.24) is 9.80 Å². The largest absolute Gasteiger partial charge is 0.375 e. The van der Waals surface area contributed by atoms with Crippen molar-refractivity contribution in [3.8, 4) is 0 Å². The lowest BCUT2D eigenvalue weighted by Crippen LogP contribution is -2.59. The SMILES string of the molecule is CN1CC2(CC1COCc1ccccc1)CN(C(=O)c1ccsc1)C2. The quantitative estimate of drug-likeness (QED) is 0.825. The van der Waals surface area contributed by atoms with Gasteiger partial charge in [0.15, 0.2) is 0 Å². The molecule has 2 fully saturated rings. The predicted octanol–water partition coefficient (Wildman–Crippen LogP) is 3.11. The van der Waals surface area contributed by atoms with E-state index in [4.69, 9.17) is 4.74 Å². The Bertz CT molecular complexity index is 711. The van der Waals surface area contributed by atoms with Gasteiger partial charge in [0.1, 0.15) is 0 Å². The molecule has 2 aliphatic rings. The minimum absolute atomic E-state index is 0.179. The molecular formula is C20H24N2O2S. The van der Waals surface area contributed by atoms with Crippen LogP contribution in [0.5, 0.6) is 0 Å². The number of amides is 1. The second-order valence-corrected chi connectivity index (χ2v) is 8.23. The highest BCUT2D eigenvalue weighted by Gasteiger charge is 2.51. The molecule has 0 saturated carbocycles. The number of hydrogen-bond donors (Lipinski definition) is 0. The standard InChI is InChI=1S/C20H24N2O2S/c1-21-13-20(14-22(15-20)19(23)17-7-8-25-12-17)9-18(21)11-24-10-16-5-3-2-4-6-16/h2-8,12,18H,9-11,13-15H2,1H3. The minimum atomic E-state index is 0.179. The monoisotopic (exact) mass is 356 g/mol. The summed E-state index contributed by atoms with van der Waals surface area (Å²) in [6.07, 6.45) is 1.12. The Morgan fingerprint density at radius 1 is 1.24 bits per heavy atom. The van der Waals surface area contributed by atoms with E-state index in [1.165, 1.54) is 5.56 Å². The maximum atomic E-state index is 12.4. The van der Waals surface area contributed by atoms with E-state index >= 15 is 0 Å². The lowest BCUT2D eigenvalue weighted by molar-refractivity contribution is 0.0109. The zero-order valence-corrected chi connectivity index (χ0v) is 15.4. The number of likely N-dealkylation sites (tertiary alicyclic amines) is 2. The molecule has 2 aromatic rings. The number of hydrogen-bond acceptors (Lipinski definition) is 4. The van der Waals surface area contributed by atoms with Gasteiger partial charge < -0.3 is 14.5 Å². The first-order valence-electron chi connectivity index (χ1n) is 8.79. The van der Waals surface area contributed by atoms with Crippen LogP contribution in [0.3, 0.4) is 0 Å². The zero-order valence-electron chi connectivity index (χ0n) is 14.6. The van der Waals surface area contributed by atoms with E-state index in [2.05, 4.69) is 24.1 Å². The summed E-state index contributed by atoms with van der Waals surface area (Å²) in [4.78, 5) is 16.8. The molecule has 0 radical (unpaired) electrons. The number of thiophene rings is 1. The maximum Gasteiger partial charge on any atom is 0.254 e. The lowest BCUT2D eigenvalue weighted by atomic mass is 9.77. The molecule has 4 nitrogen and oxygen atoms in total. The van der Waals surface area contributed by atoms with Crippen molar-refractivity contribution in [3.63, 3.8) is 0 Å². The molecule has 25 heavy (non-hydrogen) atoms. The number of rotatable bonds is 5. The fourth-order valence-electron chi connectivity index (χ4n) is 4.16. The maximum absolute atomic E-state index is 12.4. The topological polar surface area (TPSA) is 32.8 Å². The molecule has 1 unspecified atom stereocenters. The van der Waals surface area contributed by atoms with E-state index < -0.39 is 0 Å². The molecule has 4 rings (SSSR count). The molecular weight excluding hydrogens is 332 g/mol. The van der Waals surface area contributed by atoms with Gasteiger partial charge in [-0.1, -0.05) is 30.3 Å². The van der Waals surface area contributed by atoms with Crippen LogP contribution >= 0.6 is 11.3 Å². The number of carbonyl (C=O) groups is 1. The van der Waals surface area contributed by atoms with E-state index in [1.807, 2.05) is 39.9 Å². The summed E-state index contributed by atoms with van der Waals surface area (Å²) in [5, 5.41) is 3.90. The van der Waals surface area contributed by atoms with Crippen molar-refractivity contribution in [1.29, 1.82) is 0 Å². The van der Waals surface area contributed by atoms with Crippen molar-refractivity contribution in [2.45, 2.75) is 19.1 Å². The number of carbonyl (C=O) groups excluding carboxylic acids is 1. The third-order valence-electron chi connectivity index (χ3n) is 5.41.